The summed E-state index contributed by atoms with van der Waals surface area (Å²) in [5.41, 5.74) is 2.21. The van der Waals surface area contributed by atoms with Crippen molar-refractivity contribution < 1.29 is 28.4 Å². The highest BCUT2D eigenvalue weighted by Gasteiger charge is 2.16. The average molecular weight is 871 g/mol. The first-order chi connectivity index (χ1) is 30.1. The Bertz CT molecular complexity index is 1700. The maximum atomic E-state index is 6.30. The van der Waals surface area contributed by atoms with Crippen LogP contribution in [0.3, 0.4) is 0 Å². The largest absolute Gasteiger partial charge is 0.490 e. The third-order valence-corrected chi connectivity index (χ3v) is 9.95. The van der Waals surface area contributed by atoms with E-state index >= 15 is 0 Å². The fourth-order valence-corrected chi connectivity index (χ4v) is 5.81. The molecule has 1 aromatic heterocycles. The second kappa shape index (κ2) is 26.5. The van der Waals surface area contributed by atoms with Gasteiger partial charge in [0.1, 0.15) is 0 Å². The van der Waals surface area contributed by atoms with Crippen molar-refractivity contribution in [1.29, 1.82) is 0 Å². The van der Waals surface area contributed by atoms with E-state index in [1.165, 1.54) is 0 Å². The van der Waals surface area contributed by atoms with Crippen molar-refractivity contribution in [3.8, 4) is 34.5 Å². The van der Waals surface area contributed by atoms with Crippen molar-refractivity contribution in [2.45, 2.75) is 122 Å². The Labute approximate surface area is 379 Å². The topological polar surface area (TPSA) is 130 Å². The van der Waals surface area contributed by atoms with Crippen LogP contribution in [0, 0.1) is 35.5 Å². The minimum atomic E-state index is 0.320. The summed E-state index contributed by atoms with van der Waals surface area (Å²) >= 11 is 0. The van der Waals surface area contributed by atoms with Crippen LogP contribution in [0.25, 0.3) is 0 Å². The molecular weight excluding hydrogens is 793 g/mol. The fourth-order valence-electron chi connectivity index (χ4n) is 5.81. The van der Waals surface area contributed by atoms with Gasteiger partial charge in [0.25, 0.3) is 0 Å². The summed E-state index contributed by atoms with van der Waals surface area (Å²) in [7, 11) is 0. The molecule has 12 heteroatoms. The van der Waals surface area contributed by atoms with Gasteiger partial charge in [0.2, 0.25) is 17.8 Å². The third-order valence-electron chi connectivity index (χ3n) is 9.95. The van der Waals surface area contributed by atoms with Crippen LogP contribution in [-0.4, -0.2) is 54.6 Å². The molecule has 0 aliphatic heterocycles. The van der Waals surface area contributed by atoms with E-state index in [1.54, 1.807) is 0 Å². The molecule has 0 unspecified atom stereocenters. The molecule has 0 amide bonds. The Hall–Kier alpha value is -5.13. The van der Waals surface area contributed by atoms with Gasteiger partial charge in [-0.3, -0.25) is 0 Å². The van der Waals surface area contributed by atoms with E-state index in [2.05, 4.69) is 99.0 Å². The van der Waals surface area contributed by atoms with E-state index in [4.69, 9.17) is 43.4 Å². The Morgan fingerprint density at radius 1 is 0.317 bits per heavy atom. The first kappa shape index (κ1) is 50.5. The molecule has 0 radical (unpaired) electrons. The molecule has 0 fully saturated rings. The van der Waals surface area contributed by atoms with E-state index in [1.807, 2.05) is 54.6 Å². The molecule has 0 aliphatic carbocycles. The summed E-state index contributed by atoms with van der Waals surface area (Å²) in [6.45, 7) is 29.8. The molecule has 0 bridgehead atoms. The van der Waals surface area contributed by atoms with Crippen molar-refractivity contribution >= 4 is 34.9 Å². The Balaban J connectivity index is 1.71. The molecule has 12 nitrogen and oxygen atoms in total. The van der Waals surface area contributed by atoms with Crippen LogP contribution in [0.15, 0.2) is 54.6 Å². The van der Waals surface area contributed by atoms with Gasteiger partial charge in [-0.2, -0.15) is 15.0 Å². The molecule has 4 aromatic rings. The van der Waals surface area contributed by atoms with Crippen LogP contribution < -0.4 is 44.4 Å². The summed E-state index contributed by atoms with van der Waals surface area (Å²) < 4.78 is 37.5. The minimum absolute atomic E-state index is 0.320. The number of ether oxygens (including phenoxy) is 6. The maximum absolute atomic E-state index is 6.30. The van der Waals surface area contributed by atoms with Crippen molar-refractivity contribution in [2.75, 3.05) is 55.6 Å². The number of hydrogen-bond donors (Lipinski definition) is 3. The van der Waals surface area contributed by atoms with Crippen molar-refractivity contribution in [1.82, 2.24) is 15.0 Å². The molecular formula is C51H78N6O6. The normalized spacial score (nSPS) is 11.5. The highest BCUT2D eigenvalue weighted by molar-refractivity contribution is 5.66. The van der Waals surface area contributed by atoms with Gasteiger partial charge >= 0.3 is 0 Å². The molecule has 0 aliphatic rings. The van der Waals surface area contributed by atoms with Gasteiger partial charge in [-0.15, -0.1) is 0 Å². The average Bonchev–Trinajstić information content (AvgIpc) is 3.19. The number of benzene rings is 3. The molecule has 1 heterocycles. The lowest BCUT2D eigenvalue weighted by molar-refractivity contribution is 0.246. The van der Waals surface area contributed by atoms with E-state index < -0.39 is 0 Å². The van der Waals surface area contributed by atoms with Crippen molar-refractivity contribution in [3.63, 3.8) is 0 Å². The highest BCUT2D eigenvalue weighted by Crippen LogP contribution is 2.36. The van der Waals surface area contributed by atoms with Crippen LogP contribution in [0.2, 0.25) is 0 Å². The minimum Gasteiger partial charge on any atom is -0.490 e. The molecule has 0 saturated carbocycles. The molecule has 4 rings (SSSR count). The Kier molecular flexibility index (Phi) is 21.2. The molecule has 0 spiro atoms. The van der Waals surface area contributed by atoms with Gasteiger partial charge in [0.15, 0.2) is 34.5 Å². The zero-order chi connectivity index (χ0) is 45.7. The summed E-state index contributed by atoms with van der Waals surface area (Å²) in [5, 5.41) is 10.2. The third kappa shape index (κ3) is 19.4. The van der Waals surface area contributed by atoms with E-state index in [9.17, 15) is 0 Å². The second-order valence-electron chi connectivity index (χ2n) is 18.9. The maximum Gasteiger partial charge on any atom is 0.233 e. The van der Waals surface area contributed by atoms with Gasteiger partial charge in [-0.25, -0.2) is 0 Å². The summed E-state index contributed by atoms with van der Waals surface area (Å²) in [6, 6.07) is 17.5. The van der Waals surface area contributed by atoms with Crippen molar-refractivity contribution in [2.24, 2.45) is 35.5 Å². The van der Waals surface area contributed by atoms with Crippen molar-refractivity contribution in [3.05, 3.63) is 54.6 Å². The number of anilines is 6. The first-order valence-corrected chi connectivity index (χ1v) is 23.4. The van der Waals surface area contributed by atoms with Gasteiger partial charge in [-0.1, -0.05) is 83.1 Å². The number of rotatable bonds is 30. The van der Waals surface area contributed by atoms with Gasteiger partial charge < -0.3 is 44.4 Å². The number of aromatic nitrogens is 3. The summed E-state index contributed by atoms with van der Waals surface area (Å²) in [6.07, 6.45) is 5.60. The summed E-state index contributed by atoms with van der Waals surface area (Å²) in [4.78, 5) is 14.5. The van der Waals surface area contributed by atoms with Gasteiger partial charge in [0.05, 0.1) is 39.6 Å². The van der Waals surface area contributed by atoms with E-state index in [0.29, 0.717) is 127 Å². The molecule has 3 aromatic carbocycles. The lowest BCUT2D eigenvalue weighted by Gasteiger charge is -2.17. The standard InChI is InChI=1S/C51H78N6O6/c1-34(2)19-25-58-43-16-13-40(31-46(43)61-28-22-37(7)8)52-49-55-50(53-41-14-17-44(59-26-20-35(3)4)47(32-41)62-29-23-38(9)10)57-51(56-49)54-42-15-18-45(60-27-21-36(5)6)48(33-42)63-30-24-39(11)12/h13-18,31-39H,19-30H2,1-12H3,(H3,52,53,54,55,56,57). The van der Waals surface area contributed by atoms with Crippen LogP contribution in [0.1, 0.15) is 122 Å². The number of hydrogen-bond acceptors (Lipinski definition) is 12. The molecule has 63 heavy (non-hydrogen) atoms. The smallest absolute Gasteiger partial charge is 0.233 e. The molecule has 348 valence electrons. The predicted octanol–water partition coefficient (Wildman–Crippen LogP) is 13.7. The number of nitrogens with one attached hydrogen (secondary N) is 3. The number of nitrogens with zero attached hydrogens (tertiary/aromatic N) is 3. The molecule has 0 saturated heterocycles. The predicted molar refractivity (Wildman–Crippen MR) is 259 cm³/mol. The Morgan fingerprint density at radius 2 is 0.524 bits per heavy atom. The quantitative estimate of drug-likeness (QED) is 0.0461. The fraction of sp³-hybridized carbons (Fsp3) is 0.588. The van der Waals surface area contributed by atoms with E-state index in [-0.39, 0.29) is 0 Å². The zero-order valence-electron chi connectivity index (χ0n) is 40.4. The molecule has 3 N–H and O–H groups in total. The highest BCUT2D eigenvalue weighted by atomic mass is 16.5. The van der Waals surface area contributed by atoms with Crippen LogP contribution in [0.4, 0.5) is 34.9 Å². The lowest BCUT2D eigenvalue weighted by atomic mass is 10.1. The van der Waals surface area contributed by atoms with Gasteiger partial charge in [-0.05, 0) is 110 Å². The summed E-state index contributed by atoms with van der Waals surface area (Å²) in [5.74, 6) is 8.17. The first-order valence-electron chi connectivity index (χ1n) is 23.4. The monoisotopic (exact) mass is 871 g/mol. The lowest BCUT2D eigenvalue weighted by Crippen LogP contribution is -2.09. The Morgan fingerprint density at radius 3 is 0.730 bits per heavy atom. The van der Waals surface area contributed by atoms with Crippen LogP contribution in [0.5, 0.6) is 34.5 Å². The van der Waals surface area contributed by atoms with E-state index in [0.717, 1.165) is 55.6 Å². The van der Waals surface area contributed by atoms with Crippen LogP contribution >= 0.6 is 0 Å². The van der Waals surface area contributed by atoms with Gasteiger partial charge in [0, 0.05) is 35.3 Å². The second-order valence-corrected chi connectivity index (χ2v) is 18.9. The molecule has 0 atom stereocenters. The zero-order valence-corrected chi connectivity index (χ0v) is 40.4. The SMILES string of the molecule is CC(C)CCOc1ccc(Nc2nc(Nc3ccc(OCCC(C)C)c(OCCC(C)C)c3)nc(Nc3ccc(OCCC(C)C)c(OCCC(C)C)c3)n2)cc1OCCC(C)C. The van der Waals surface area contributed by atoms with Crippen LogP contribution in [-0.2, 0) is 0 Å².